The molecular weight excluding hydrogens is 304 g/mol. The maximum atomic E-state index is 11.9. The van der Waals surface area contributed by atoms with E-state index in [9.17, 15) is 4.79 Å². The van der Waals surface area contributed by atoms with Crippen LogP contribution in [-0.4, -0.2) is 62.6 Å². The summed E-state index contributed by atoms with van der Waals surface area (Å²) in [4.78, 5) is 15.8. The zero-order valence-corrected chi connectivity index (χ0v) is 13.0. The molecule has 0 N–H and O–H groups in total. The number of anilines is 1. The molecule has 1 unspecified atom stereocenters. The minimum Gasteiger partial charge on any atom is -0.338 e. The fourth-order valence-corrected chi connectivity index (χ4v) is 2.63. The maximum Gasteiger partial charge on any atom is 0.250 e. The van der Waals surface area contributed by atoms with Gasteiger partial charge in [0.15, 0.2) is 0 Å². The van der Waals surface area contributed by atoms with Crippen molar-refractivity contribution in [1.82, 2.24) is 25.1 Å². The number of carbonyl (C=O) groups is 1. The molecule has 1 atom stereocenters. The molecule has 3 rings (SSSR count). The van der Waals surface area contributed by atoms with Gasteiger partial charge in [-0.2, -0.15) is 4.68 Å². The Morgan fingerprint density at radius 2 is 1.86 bits per heavy atom. The minimum absolute atomic E-state index is 0.0241. The van der Waals surface area contributed by atoms with E-state index < -0.39 is 5.38 Å². The molecule has 0 saturated carbocycles. The van der Waals surface area contributed by atoms with Crippen LogP contribution in [0.15, 0.2) is 30.3 Å². The SMILES string of the molecule is CC(Cl)C(=O)N1CCN(c2nnnn2-c2ccccc2)CC1. The van der Waals surface area contributed by atoms with Crippen molar-refractivity contribution in [3.05, 3.63) is 30.3 Å². The Balaban J connectivity index is 1.73. The Bertz CT molecular complexity index is 636. The molecule has 22 heavy (non-hydrogen) atoms. The summed E-state index contributed by atoms with van der Waals surface area (Å²) in [5.74, 6) is 0.668. The average molecular weight is 321 g/mol. The minimum atomic E-state index is -0.485. The van der Waals surface area contributed by atoms with Crippen molar-refractivity contribution in [2.24, 2.45) is 0 Å². The Hall–Kier alpha value is -2.15. The predicted molar refractivity (Wildman–Crippen MR) is 83.3 cm³/mol. The van der Waals surface area contributed by atoms with Gasteiger partial charge in [-0.25, -0.2) is 0 Å². The van der Waals surface area contributed by atoms with E-state index in [-0.39, 0.29) is 5.91 Å². The lowest BCUT2D eigenvalue weighted by Crippen LogP contribution is -2.51. The van der Waals surface area contributed by atoms with Crippen LogP contribution in [0.4, 0.5) is 5.95 Å². The van der Waals surface area contributed by atoms with Crippen LogP contribution >= 0.6 is 11.6 Å². The molecule has 1 saturated heterocycles. The third kappa shape index (κ3) is 2.89. The summed E-state index contributed by atoms with van der Waals surface area (Å²) in [6, 6.07) is 9.74. The molecule has 1 fully saturated rings. The standard InChI is InChI=1S/C14H17ClN6O/c1-11(15)13(22)19-7-9-20(10-8-19)14-16-17-18-21(14)12-5-3-2-4-6-12/h2-6,11H,7-10H2,1H3. The molecule has 1 aliphatic rings. The number of amides is 1. The lowest BCUT2D eigenvalue weighted by Gasteiger charge is -2.35. The molecule has 0 radical (unpaired) electrons. The van der Waals surface area contributed by atoms with Crippen LogP contribution in [0.25, 0.3) is 5.69 Å². The number of tetrazole rings is 1. The number of halogens is 1. The van der Waals surface area contributed by atoms with Crippen molar-refractivity contribution in [2.75, 3.05) is 31.1 Å². The monoisotopic (exact) mass is 320 g/mol. The molecule has 0 bridgehead atoms. The van der Waals surface area contributed by atoms with Gasteiger partial charge in [-0.1, -0.05) is 23.3 Å². The Morgan fingerprint density at radius 3 is 2.50 bits per heavy atom. The second-order valence-corrected chi connectivity index (χ2v) is 5.81. The van der Waals surface area contributed by atoms with Crippen LogP contribution in [-0.2, 0) is 4.79 Å². The molecule has 1 amide bonds. The van der Waals surface area contributed by atoms with Crippen LogP contribution < -0.4 is 4.90 Å². The quantitative estimate of drug-likeness (QED) is 0.787. The molecule has 0 aliphatic carbocycles. The van der Waals surface area contributed by atoms with E-state index in [1.165, 1.54) is 0 Å². The largest absolute Gasteiger partial charge is 0.338 e. The number of rotatable bonds is 3. The summed E-state index contributed by atoms with van der Waals surface area (Å²) in [6.07, 6.45) is 0. The summed E-state index contributed by atoms with van der Waals surface area (Å²) in [5, 5.41) is 11.5. The number of piperazine rings is 1. The summed E-state index contributed by atoms with van der Waals surface area (Å²) >= 11 is 5.86. The van der Waals surface area contributed by atoms with Gasteiger partial charge in [-0.3, -0.25) is 4.79 Å². The smallest absolute Gasteiger partial charge is 0.250 e. The zero-order chi connectivity index (χ0) is 15.5. The van der Waals surface area contributed by atoms with E-state index in [2.05, 4.69) is 20.4 Å². The first-order chi connectivity index (χ1) is 10.7. The van der Waals surface area contributed by atoms with Gasteiger partial charge in [0.1, 0.15) is 5.38 Å². The number of nitrogens with zero attached hydrogens (tertiary/aromatic N) is 6. The number of alkyl halides is 1. The second-order valence-electron chi connectivity index (χ2n) is 5.15. The molecule has 2 heterocycles. The van der Waals surface area contributed by atoms with Gasteiger partial charge in [0.25, 0.3) is 0 Å². The molecule has 1 aliphatic heterocycles. The highest BCUT2D eigenvalue weighted by atomic mass is 35.5. The first-order valence-corrected chi connectivity index (χ1v) is 7.62. The van der Waals surface area contributed by atoms with E-state index in [1.807, 2.05) is 30.3 Å². The number of benzene rings is 1. The first kappa shape index (κ1) is 14.8. The van der Waals surface area contributed by atoms with Gasteiger partial charge >= 0.3 is 0 Å². The highest BCUT2D eigenvalue weighted by molar-refractivity contribution is 6.30. The van der Waals surface area contributed by atoms with Crippen LogP contribution in [0.2, 0.25) is 0 Å². The number of aromatic nitrogens is 4. The van der Waals surface area contributed by atoms with Crippen LogP contribution in [0.1, 0.15) is 6.92 Å². The maximum absolute atomic E-state index is 11.9. The zero-order valence-electron chi connectivity index (χ0n) is 12.3. The molecule has 8 heteroatoms. The van der Waals surface area contributed by atoms with E-state index in [0.717, 1.165) is 5.69 Å². The van der Waals surface area contributed by atoms with Gasteiger partial charge in [0.2, 0.25) is 11.9 Å². The van der Waals surface area contributed by atoms with Crippen molar-refractivity contribution in [3.63, 3.8) is 0 Å². The number of carbonyl (C=O) groups excluding carboxylic acids is 1. The van der Waals surface area contributed by atoms with Gasteiger partial charge in [-0.15, -0.1) is 11.6 Å². The fraction of sp³-hybridized carbons (Fsp3) is 0.429. The molecule has 7 nitrogen and oxygen atoms in total. The Labute approximate surface area is 133 Å². The molecule has 0 spiro atoms. The van der Waals surface area contributed by atoms with Gasteiger partial charge in [-0.05, 0) is 29.5 Å². The van der Waals surface area contributed by atoms with Crippen LogP contribution in [0.5, 0.6) is 0 Å². The highest BCUT2D eigenvalue weighted by Crippen LogP contribution is 2.17. The van der Waals surface area contributed by atoms with E-state index in [4.69, 9.17) is 11.6 Å². The fourth-order valence-electron chi connectivity index (χ4n) is 2.49. The summed E-state index contributed by atoms with van der Waals surface area (Å²) in [7, 11) is 0. The average Bonchev–Trinajstić information content (AvgIpc) is 3.04. The van der Waals surface area contributed by atoms with Crippen molar-refractivity contribution < 1.29 is 4.79 Å². The van der Waals surface area contributed by atoms with E-state index >= 15 is 0 Å². The number of hydrogen-bond donors (Lipinski definition) is 0. The van der Waals surface area contributed by atoms with Gasteiger partial charge in [0, 0.05) is 26.2 Å². The second kappa shape index (κ2) is 6.31. The van der Waals surface area contributed by atoms with Gasteiger partial charge < -0.3 is 9.80 Å². The lowest BCUT2D eigenvalue weighted by atomic mass is 10.3. The number of para-hydroxylation sites is 1. The first-order valence-electron chi connectivity index (χ1n) is 7.18. The summed E-state index contributed by atoms with van der Waals surface area (Å²) in [6.45, 7) is 4.31. The predicted octanol–water partition coefficient (Wildman–Crippen LogP) is 0.938. The lowest BCUT2D eigenvalue weighted by molar-refractivity contribution is -0.130. The molecule has 116 valence electrons. The summed E-state index contributed by atoms with van der Waals surface area (Å²) < 4.78 is 1.71. The van der Waals surface area contributed by atoms with Crippen molar-refractivity contribution in [2.45, 2.75) is 12.3 Å². The topological polar surface area (TPSA) is 67.2 Å². The molecule has 2 aromatic rings. The van der Waals surface area contributed by atoms with Crippen molar-refractivity contribution in [3.8, 4) is 5.69 Å². The summed E-state index contributed by atoms with van der Waals surface area (Å²) in [5.41, 5.74) is 0.912. The normalized spacial score (nSPS) is 16.6. The third-order valence-corrected chi connectivity index (χ3v) is 3.85. The van der Waals surface area contributed by atoms with E-state index in [0.29, 0.717) is 32.1 Å². The van der Waals surface area contributed by atoms with Crippen LogP contribution in [0.3, 0.4) is 0 Å². The van der Waals surface area contributed by atoms with E-state index in [1.54, 1.807) is 16.5 Å². The third-order valence-electron chi connectivity index (χ3n) is 3.67. The molecular formula is C14H17ClN6O. The van der Waals surface area contributed by atoms with Crippen molar-refractivity contribution in [1.29, 1.82) is 0 Å². The highest BCUT2D eigenvalue weighted by Gasteiger charge is 2.26. The molecule has 1 aromatic carbocycles. The van der Waals surface area contributed by atoms with Crippen molar-refractivity contribution >= 4 is 23.5 Å². The Kier molecular flexibility index (Phi) is 4.24. The van der Waals surface area contributed by atoms with Crippen LogP contribution in [0, 0.1) is 0 Å². The Morgan fingerprint density at radius 1 is 1.18 bits per heavy atom. The number of hydrogen-bond acceptors (Lipinski definition) is 5. The molecule has 1 aromatic heterocycles. The van der Waals surface area contributed by atoms with Gasteiger partial charge in [0.05, 0.1) is 5.69 Å².